The molecule has 1 nitrogen and oxygen atoms in total. The van der Waals surface area contributed by atoms with Crippen LogP contribution in [0.15, 0.2) is 48.6 Å². The van der Waals surface area contributed by atoms with E-state index in [0.29, 0.717) is 0 Å². The molecule has 0 aliphatic carbocycles. The number of fused-ring (bicyclic) bond motifs is 1. The molecule has 22 heavy (non-hydrogen) atoms. The van der Waals surface area contributed by atoms with Crippen molar-refractivity contribution in [2.75, 3.05) is 0 Å². The van der Waals surface area contributed by atoms with Gasteiger partial charge in [-0.15, -0.1) is 0 Å². The maximum Gasteiger partial charge on any atom is 0.0840 e. The summed E-state index contributed by atoms with van der Waals surface area (Å²) in [5, 5.41) is 1.73. The topological polar surface area (TPSA) is 12.9 Å². The van der Waals surface area contributed by atoms with Crippen molar-refractivity contribution in [1.82, 2.24) is 4.98 Å². The highest BCUT2D eigenvalue weighted by molar-refractivity contribution is 5.95. The molecule has 0 N–H and O–H groups in total. The molecule has 0 unspecified atom stereocenters. The summed E-state index contributed by atoms with van der Waals surface area (Å²) < 4.78 is 16.3. The molecule has 0 radical (unpaired) electrons. The van der Waals surface area contributed by atoms with E-state index in [1.165, 1.54) is 11.1 Å². The SMILES string of the molecule is [2H]c1nc(-c2cc(C)cc(C(C)(C)C)c2)c2ccc(C)cc2c1[2H]. The summed E-state index contributed by atoms with van der Waals surface area (Å²) in [7, 11) is 0. The van der Waals surface area contributed by atoms with Crippen LogP contribution in [0.2, 0.25) is 0 Å². The third-order valence-electron chi connectivity index (χ3n) is 4.01. The molecule has 3 aromatic rings. The van der Waals surface area contributed by atoms with Gasteiger partial charge in [-0.2, -0.15) is 0 Å². The Bertz CT molecular complexity index is 937. The molecule has 1 aromatic heterocycles. The van der Waals surface area contributed by atoms with E-state index in [1.807, 2.05) is 25.1 Å². The Morgan fingerprint density at radius 3 is 2.45 bits per heavy atom. The van der Waals surface area contributed by atoms with Gasteiger partial charge >= 0.3 is 0 Å². The highest BCUT2D eigenvalue weighted by Crippen LogP contribution is 2.32. The molecule has 1 heterocycles. The highest BCUT2D eigenvalue weighted by atomic mass is 14.7. The molecule has 0 saturated carbocycles. The monoisotopic (exact) mass is 291 g/mol. The van der Waals surface area contributed by atoms with E-state index >= 15 is 0 Å². The van der Waals surface area contributed by atoms with Gasteiger partial charge in [0.2, 0.25) is 0 Å². The molecule has 0 fully saturated rings. The number of benzene rings is 2. The molecule has 2 aromatic carbocycles. The van der Waals surface area contributed by atoms with Gasteiger partial charge in [-0.1, -0.05) is 56.2 Å². The number of nitrogens with zero attached hydrogens (tertiary/aromatic N) is 1. The molecule has 0 aliphatic heterocycles. The molecule has 1 heteroatoms. The third-order valence-corrected chi connectivity index (χ3v) is 4.01. The zero-order valence-corrected chi connectivity index (χ0v) is 13.9. The van der Waals surface area contributed by atoms with Gasteiger partial charge in [0.25, 0.3) is 0 Å². The number of pyridine rings is 1. The van der Waals surface area contributed by atoms with E-state index in [4.69, 9.17) is 2.74 Å². The standard InChI is InChI=1S/C21H23N/c1-14-6-7-19-16(10-14)8-9-22-20(19)17-11-15(2)12-18(13-17)21(3,4)5/h6-13H,1-5H3/i8D,9D. The molecular formula is C21H23N. The van der Waals surface area contributed by atoms with Crippen molar-refractivity contribution in [3.8, 4) is 11.3 Å². The lowest BCUT2D eigenvalue weighted by Crippen LogP contribution is -2.11. The van der Waals surface area contributed by atoms with E-state index in [0.717, 1.165) is 27.6 Å². The van der Waals surface area contributed by atoms with Crippen molar-refractivity contribution in [2.24, 2.45) is 0 Å². The van der Waals surface area contributed by atoms with Gasteiger partial charge in [0, 0.05) is 17.1 Å². The summed E-state index contributed by atoms with van der Waals surface area (Å²) >= 11 is 0. The fourth-order valence-corrected chi connectivity index (χ4v) is 2.75. The first kappa shape index (κ1) is 12.4. The Hall–Kier alpha value is -2.15. The van der Waals surface area contributed by atoms with E-state index < -0.39 is 0 Å². The van der Waals surface area contributed by atoms with Crippen molar-refractivity contribution < 1.29 is 2.74 Å². The van der Waals surface area contributed by atoms with Gasteiger partial charge in [-0.05, 0) is 48.4 Å². The van der Waals surface area contributed by atoms with Crippen LogP contribution in [0.25, 0.3) is 22.0 Å². The molecule has 0 atom stereocenters. The van der Waals surface area contributed by atoms with Crippen LogP contribution in [0.4, 0.5) is 0 Å². The van der Waals surface area contributed by atoms with Gasteiger partial charge in [-0.25, -0.2) is 0 Å². The number of hydrogen-bond donors (Lipinski definition) is 0. The predicted octanol–water partition coefficient (Wildman–Crippen LogP) is 5.82. The first-order valence-electron chi connectivity index (χ1n) is 8.67. The molecule has 0 saturated heterocycles. The average Bonchev–Trinajstić information content (AvgIpc) is 2.49. The van der Waals surface area contributed by atoms with Crippen LogP contribution >= 0.6 is 0 Å². The number of rotatable bonds is 1. The molecular weight excluding hydrogens is 266 g/mol. The van der Waals surface area contributed by atoms with Crippen molar-refractivity contribution in [2.45, 2.75) is 40.0 Å². The smallest absolute Gasteiger partial charge is 0.0840 e. The molecule has 0 bridgehead atoms. The Morgan fingerprint density at radius 2 is 1.73 bits per heavy atom. The van der Waals surface area contributed by atoms with Crippen LogP contribution in [-0.4, -0.2) is 4.98 Å². The second-order valence-corrected chi connectivity index (χ2v) is 7.08. The summed E-state index contributed by atoms with van der Waals surface area (Å²) in [6.45, 7) is 10.7. The second-order valence-electron chi connectivity index (χ2n) is 7.08. The van der Waals surface area contributed by atoms with Crippen LogP contribution in [-0.2, 0) is 5.41 Å². The quantitative estimate of drug-likeness (QED) is 0.551. The fraction of sp³-hybridized carbons (Fsp3) is 0.286. The Morgan fingerprint density at radius 1 is 0.955 bits per heavy atom. The summed E-state index contributed by atoms with van der Waals surface area (Å²) in [5.41, 5.74) is 5.38. The Kier molecular flexibility index (Phi) is 2.95. The zero-order valence-electron chi connectivity index (χ0n) is 15.9. The molecule has 0 aliphatic rings. The van der Waals surface area contributed by atoms with Crippen LogP contribution in [0, 0.1) is 13.8 Å². The minimum atomic E-state index is 0.0296. The fourth-order valence-electron chi connectivity index (χ4n) is 2.75. The molecule has 0 amide bonds. The lowest BCUT2D eigenvalue weighted by atomic mass is 9.84. The van der Waals surface area contributed by atoms with Crippen LogP contribution < -0.4 is 0 Å². The van der Waals surface area contributed by atoms with Crippen LogP contribution in [0.3, 0.4) is 0 Å². The van der Waals surface area contributed by atoms with Crippen LogP contribution in [0.1, 0.15) is 40.2 Å². The summed E-state index contributed by atoms with van der Waals surface area (Å²) in [4.78, 5) is 4.44. The van der Waals surface area contributed by atoms with Crippen molar-refractivity contribution in [3.05, 3.63) is 65.3 Å². The summed E-state index contributed by atoms with van der Waals surface area (Å²) in [6.07, 6.45) is 0.0296. The second kappa shape index (κ2) is 5.24. The zero-order chi connectivity index (χ0) is 17.6. The van der Waals surface area contributed by atoms with Crippen molar-refractivity contribution in [1.29, 1.82) is 0 Å². The normalized spacial score (nSPS) is 13.1. The summed E-state index contributed by atoms with van der Waals surface area (Å²) in [5.74, 6) is 0. The molecule has 0 spiro atoms. The first-order chi connectivity index (χ1) is 11.2. The maximum atomic E-state index is 8.18. The lowest BCUT2D eigenvalue weighted by Gasteiger charge is -2.21. The number of hydrogen-bond acceptors (Lipinski definition) is 1. The van der Waals surface area contributed by atoms with E-state index in [1.54, 1.807) is 0 Å². The Balaban J connectivity index is 2.35. The average molecular weight is 291 g/mol. The number of aromatic nitrogens is 1. The molecule has 3 rings (SSSR count). The van der Waals surface area contributed by atoms with Crippen molar-refractivity contribution >= 4 is 10.8 Å². The largest absolute Gasteiger partial charge is 0.256 e. The van der Waals surface area contributed by atoms with Crippen molar-refractivity contribution in [3.63, 3.8) is 0 Å². The Labute approximate surface area is 135 Å². The lowest BCUT2D eigenvalue weighted by molar-refractivity contribution is 0.590. The van der Waals surface area contributed by atoms with Gasteiger partial charge < -0.3 is 0 Å². The summed E-state index contributed by atoms with van der Waals surface area (Å²) in [6, 6.07) is 12.7. The van der Waals surface area contributed by atoms with Gasteiger partial charge in [0.05, 0.1) is 8.44 Å². The predicted molar refractivity (Wildman–Crippen MR) is 95.4 cm³/mol. The van der Waals surface area contributed by atoms with E-state index in [2.05, 4.69) is 50.9 Å². The van der Waals surface area contributed by atoms with Gasteiger partial charge in [0.1, 0.15) is 0 Å². The molecule has 112 valence electrons. The maximum absolute atomic E-state index is 8.18. The highest BCUT2D eigenvalue weighted by Gasteiger charge is 2.16. The van der Waals surface area contributed by atoms with E-state index in [9.17, 15) is 0 Å². The first-order valence-corrected chi connectivity index (χ1v) is 7.67. The van der Waals surface area contributed by atoms with Crippen LogP contribution in [0.5, 0.6) is 0 Å². The van der Waals surface area contributed by atoms with Gasteiger partial charge in [-0.3, -0.25) is 4.98 Å². The number of aryl methyl sites for hydroxylation is 2. The third kappa shape index (κ3) is 2.76. The van der Waals surface area contributed by atoms with Gasteiger partial charge in [0.15, 0.2) is 0 Å². The minimum Gasteiger partial charge on any atom is -0.256 e. The van der Waals surface area contributed by atoms with E-state index in [-0.39, 0.29) is 17.6 Å². The minimum absolute atomic E-state index is 0.0296.